The number of halogens is 1. The van der Waals surface area contributed by atoms with E-state index in [0.717, 1.165) is 28.1 Å². The lowest BCUT2D eigenvalue weighted by Crippen LogP contribution is -2.48. The quantitative estimate of drug-likeness (QED) is 0.102. The van der Waals surface area contributed by atoms with Gasteiger partial charge in [-0.3, -0.25) is 14.7 Å². The summed E-state index contributed by atoms with van der Waals surface area (Å²) in [4.78, 5) is 60.2. The molecule has 290 valence electrons. The molecule has 1 atom stereocenters. The standard InChI is InChI=1S/C40H39FN12O4/c1-42-29-11-7-25(8-12-29)20-33(37(55)57-3)48-40-50-38(45-23-31-21-27-9-10-28(41)22-32(27)46-31)49-39(51-40)47-30-6-4-5-26(19-30)24-52-15-17-53(18-16-52)36(54)34-35(56-2)44-14-13-43-34/h4-14,19,22,33H,15-18,20-21,23-24H2,2-3H3,(H3,45,47,48,49,50,51)/t33-/m0/s1. The molecule has 1 amide bonds. The molecule has 17 heteroatoms. The molecule has 7 rings (SSSR count). The number of aliphatic imine (C=N–C) groups is 1. The fraction of sp³-hybridized carbons (Fsp3) is 0.275. The molecule has 0 unspecified atom stereocenters. The SMILES string of the molecule is [C-]#[N+]c1ccc(C[C@H](Nc2nc(NCC3=Nc4cc(F)ccc4C3)nc(Nc3cccc(CN4CCN(C(=O)c5nccnc5OC)CC4)c3)n2)C(=O)OC)cc1. The maximum atomic E-state index is 13.8. The predicted molar refractivity (Wildman–Crippen MR) is 211 cm³/mol. The van der Waals surface area contributed by atoms with Crippen LogP contribution in [0.15, 0.2) is 84.1 Å². The summed E-state index contributed by atoms with van der Waals surface area (Å²) in [7, 11) is 2.77. The van der Waals surface area contributed by atoms with Crippen LogP contribution in [0.5, 0.6) is 5.88 Å². The Morgan fingerprint density at radius 2 is 1.68 bits per heavy atom. The van der Waals surface area contributed by atoms with Crippen LogP contribution in [-0.2, 0) is 28.9 Å². The van der Waals surface area contributed by atoms with Crippen LogP contribution in [0, 0.1) is 12.4 Å². The number of ether oxygens (including phenoxy) is 2. The van der Waals surface area contributed by atoms with Crippen molar-refractivity contribution in [3.05, 3.63) is 119 Å². The van der Waals surface area contributed by atoms with E-state index < -0.39 is 12.0 Å². The number of fused-ring (bicyclic) bond motifs is 1. The van der Waals surface area contributed by atoms with Gasteiger partial charge in [-0.05, 0) is 41.0 Å². The minimum atomic E-state index is -0.859. The van der Waals surface area contributed by atoms with Crippen molar-refractivity contribution in [2.24, 2.45) is 4.99 Å². The highest BCUT2D eigenvalue weighted by molar-refractivity contribution is 5.96. The van der Waals surface area contributed by atoms with Gasteiger partial charge in [-0.1, -0.05) is 42.5 Å². The number of carbonyl (C=O) groups is 2. The summed E-state index contributed by atoms with van der Waals surface area (Å²) >= 11 is 0. The third kappa shape index (κ3) is 9.61. The Morgan fingerprint density at radius 1 is 0.912 bits per heavy atom. The summed E-state index contributed by atoms with van der Waals surface area (Å²) in [6, 6.07) is 18.5. The number of nitrogens with zero attached hydrogens (tertiary/aromatic N) is 9. The second kappa shape index (κ2) is 17.6. The van der Waals surface area contributed by atoms with Crippen molar-refractivity contribution in [1.29, 1.82) is 0 Å². The zero-order valence-electron chi connectivity index (χ0n) is 31.3. The first-order valence-electron chi connectivity index (χ1n) is 18.1. The highest BCUT2D eigenvalue weighted by Gasteiger charge is 2.26. The number of aromatic nitrogens is 5. The maximum absolute atomic E-state index is 13.8. The van der Waals surface area contributed by atoms with E-state index in [1.54, 1.807) is 35.2 Å². The molecular weight excluding hydrogens is 732 g/mol. The minimum Gasteiger partial charge on any atom is -0.479 e. The van der Waals surface area contributed by atoms with Crippen LogP contribution in [0.3, 0.4) is 0 Å². The molecule has 4 heterocycles. The normalized spacial score (nSPS) is 14.1. The Morgan fingerprint density at radius 3 is 2.46 bits per heavy atom. The van der Waals surface area contributed by atoms with Gasteiger partial charge in [0.05, 0.1) is 33.0 Å². The topological polar surface area (TPSA) is 176 Å². The second-order valence-electron chi connectivity index (χ2n) is 13.3. The van der Waals surface area contributed by atoms with Gasteiger partial charge in [-0.15, -0.1) is 0 Å². The molecule has 2 aliphatic rings. The van der Waals surface area contributed by atoms with Crippen LogP contribution in [-0.4, -0.2) is 105 Å². The summed E-state index contributed by atoms with van der Waals surface area (Å²) in [6.45, 7) is 10.6. The molecular formula is C40H39FN12O4. The molecule has 5 aromatic rings. The Labute approximate surface area is 328 Å². The lowest BCUT2D eigenvalue weighted by atomic mass is 10.1. The van der Waals surface area contributed by atoms with Gasteiger partial charge in [-0.25, -0.2) is 24.0 Å². The fourth-order valence-corrected chi connectivity index (χ4v) is 6.53. The van der Waals surface area contributed by atoms with Crippen molar-refractivity contribution >= 4 is 52.5 Å². The van der Waals surface area contributed by atoms with E-state index in [0.29, 0.717) is 50.5 Å². The zero-order chi connectivity index (χ0) is 39.7. The average Bonchev–Trinajstić information content (AvgIpc) is 3.65. The van der Waals surface area contributed by atoms with E-state index >= 15 is 0 Å². The van der Waals surface area contributed by atoms with Crippen molar-refractivity contribution in [2.75, 3.05) is 62.9 Å². The molecule has 1 fully saturated rings. The Bertz CT molecular complexity index is 2330. The van der Waals surface area contributed by atoms with Gasteiger partial charge >= 0.3 is 5.97 Å². The molecule has 0 spiro atoms. The van der Waals surface area contributed by atoms with Gasteiger partial charge in [0.1, 0.15) is 11.9 Å². The molecule has 0 radical (unpaired) electrons. The molecule has 3 N–H and O–H groups in total. The number of hydrogen-bond donors (Lipinski definition) is 3. The number of piperazine rings is 1. The largest absolute Gasteiger partial charge is 0.479 e. The van der Waals surface area contributed by atoms with E-state index in [4.69, 9.17) is 16.0 Å². The molecule has 0 saturated carbocycles. The first kappa shape index (κ1) is 38.2. The van der Waals surface area contributed by atoms with E-state index in [9.17, 15) is 14.0 Å². The van der Waals surface area contributed by atoms with E-state index in [1.807, 2.05) is 24.3 Å². The lowest BCUT2D eigenvalue weighted by Gasteiger charge is -2.34. The van der Waals surface area contributed by atoms with Crippen LogP contribution in [0.4, 0.5) is 39.3 Å². The Hall–Kier alpha value is -7.06. The summed E-state index contributed by atoms with van der Waals surface area (Å²) in [5.74, 6) is -0.338. The van der Waals surface area contributed by atoms with E-state index in [2.05, 4.69) is 55.6 Å². The summed E-state index contributed by atoms with van der Waals surface area (Å²) in [5, 5.41) is 9.62. The predicted octanol–water partition coefficient (Wildman–Crippen LogP) is 5.00. The van der Waals surface area contributed by atoms with Crippen molar-refractivity contribution in [2.45, 2.75) is 25.4 Å². The molecule has 0 aliphatic carbocycles. The number of nitrogens with one attached hydrogen (secondary N) is 3. The molecule has 1 saturated heterocycles. The average molecular weight is 771 g/mol. The highest BCUT2D eigenvalue weighted by atomic mass is 19.1. The third-order valence-electron chi connectivity index (χ3n) is 9.41. The maximum Gasteiger partial charge on any atom is 0.328 e. The van der Waals surface area contributed by atoms with Crippen molar-refractivity contribution < 1.29 is 23.5 Å². The fourth-order valence-electron chi connectivity index (χ4n) is 6.53. The minimum absolute atomic E-state index is 0.115. The van der Waals surface area contributed by atoms with Crippen molar-refractivity contribution in [3.8, 4) is 5.88 Å². The van der Waals surface area contributed by atoms with Crippen LogP contribution in [0.2, 0.25) is 0 Å². The van der Waals surface area contributed by atoms with Gasteiger partial charge in [-0.2, -0.15) is 15.0 Å². The molecule has 0 bridgehead atoms. The number of amides is 1. The summed E-state index contributed by atoms with van der Waals surface area (Å²) in [5.41, 5.74) is 5.55. The number of rotatable bonds is 14. The Kier molecular flexibility index (Phi) is 11.8. The number of methoxy groups -OCH3 is 2. The van der Waals surface area contributed by atoms with Gasteiger partial charge in [0.25, 0.3) is 5.91 Å². The summed E-state index contributed by atoms with van der Waals surface area (Å²) < 4.78 is 24.2. The van der Waals surface area contributed by atoms with Crippen molar-refractivity contribution in [3.63, 3.8) is 0 Å². The number of hydrogen-bond acceptors (Lipinski definition) is 14. The first-order valence-corrected chi connectivity index (χ1v) is 18.1. The number of carbonyl (C=O) groups excluding carboxylic acids is 2. The first-order chi connectivity index (χ1) is 27.8. The van der Waals surface area contributed by atoms with Crippen LogP contribution in [0.25, 0.3) is 4.85 Å². The number of benzene rings is 3. The smallest absolute Gasteiger partial charge is 0.328 e. The van der Waals surface area contributed by atoms with Gasteiger partial charge in [0.15, 0.2) is 11.4 Å². The molecule has 3 aromatic carbocycles. The Balaban J connectivity index is 1.06. The van der Waals surface area contributed by atoms with Crippen LogP contribution in [0.1, 0.15) is 27.2 Å². The van der Waals surface area contributed by atoms with Gasteiger partial charge in [0, 0.05) is 69.4 Å². The number of esters is 1. The zero-order valence-corrected chi connectivity index (χ0v) is 31.3. The molecule has 16 nitrogen and oxygen atoms in total. The summed E-state index contributed by atoms with van der Waals surface area (Å²) in [6.07, 6.45) is 3.76. The lowest BCUT2D eigenvalue weighted by molar-refractivity contribution is -0.141. The van der Waals surface area contributed by atoms with Gasteiger partial charge in [0.2, 0.25) is 23.7 Å². The van der Waals surface area contributed by atoms with E-state index in [1.165, 1.54) is 38.7 Å². The third-order valence-corrected chi connectivity index (χ3v) is 9.41. The highest BCUT2D eigenvalue weighted by Crippen LogP contribution is 2.28. The second-order valence-corrected chi connectivity index (χ2v) is 13.3. The monoisotopic (exact) mass is 770 g/mol. The van der Waals surface area contributed by atoms with Gasteiger partial charge < -0.3 is 30.3 Å². The van der Waals surface area contributed by atoms with Crippen molar-refractivity contribution in [1.82, 2.24) is 34.7 Å². The van der Waals surface area contributed by atoms with E-state index in [-0.39, 0.29) is 54.1 Å². The molecule has 2 aliphatic heterocycles. The molecule has 2 aromatic heterocycles. The van der Waals surface area contributed by atoms with Crippen LogP contribution < -0.4 is 20.7 Å². The number of anilines is 4. The van der Waals surface area contributed by atoms with Crippen LogP contribution >= 0.6 is 0 Å². The molecule has 57 heavy (non-hydrogen) atoms.